The molecule has 1 aliphatic carbocycles. The SMILES string of the molecule is Cc1cn(CCc2ccsc2)c(NC2CCCCC2)n1. The third-order valence-electron chi connectivity index (χ3n) is 4.06. The lowest BCUT2D eigenvalue weighted by Crippen LogP contribution is -2.24. The van der Waals surface area contributed by atoms with Gasteiger partial charge in [-0.25, -0.2) is 4.98 Å². The fourth-order valence-corrected chi connectivity index (χ4v) is 3.65. The Labute approximate surface area is 125 Å². The highest BCUT2D eigenvalue weighted by Crippen LogP contribution is 2.21. The molecule has 108 valence electrons. The molecule has 3 rings (SSSR count). The lowest BCUT2D eigenvalue weighted by atomic mass is 9.96. The second-order valence-corrected chi connectivity index (χ2v) is 6.54. The van der Waals surface area contributed by atoms with Crippen molar-refractivity contribution in [2.45, 2.75) is 58.0 Å². The van der Waals surface area contributed by atoms with Crippen molar-refractivity contribution in [3.8, 4) is 0 Å². The van der Waals surface area contributed by atoms with Gasteiger partial charge in [0.05, 0.1) is 5.69 Å². The van der Waals surface area contributed by atoms with E-state index in [1.807, 2.05) is 0 Å². The normalized spacial score (nSPS) is 16.4. The van der Waals surface area contributed by atoms with Crippen LogP contribution >= 0.6 is 11.3 Å². The predicted molar refractivity (Wildman–Crippen MR) is 85.5 cm³/mol. The first-order chi connectivity index (χ1) is 9.81. The molecule has 0 bridgehead atoms. The Kier molecular flexibility index (Phi) is 4.41. The zero-order valence-corrected chi connectivity index (χ0v) is 13.0. The molecule has 1 aliphatic rings. The molecular formula is C16H23N3S. The van der Waals surface area contributed by atoms with Crippen LogP contribution in [0.5, 0.6) is 0 Å². The van der Waals surface area contributed by atoms with E-state index in [0.29, 0.717) is 6.04 Å². The van der Waals surface area contributed by atoms with E-state index in [2.05, 4.69) is 44.8 Å². The Balaban J connectivity index is 1.64. The van der Waals surface area contributed by atoms with E-state index in [1.165, 1.54) is 37.7 Å². The fraction of sp³-hybridized carbons (Fsp3) is 0.562. The van der Waals surface area contributed by atoms with Gasteiger partial charge in [0.25, 0.3) is 0 Å². The molecule has 0 unspecified atom stereocenters. The minimum atomic E-state index is 0.616. The van der Waals surface area contributed by atoms with Gasteiger partial charge in [0.2, 0.25) is 5.95 Å². The summed E-state index contributed by atoms with van der Waals surface area (Å²) in [6.45, 7) is 3.08. The second-order valence-electron chi connectivity index (χ2n) is 5.76. The number of nitrogens with zero attached hydrogens (tertiary/aromatic N) is 2. The van der Waals surface area contributed by atoms with E-state index < -0.39 is 0 Å². The number of anilines is 1. The van der Waals surface area contributed by atoms with Gasteiger partial charge >= 0.3 is 0 Å². The highest BCUT2D eigenvalue weighted by atomic mass is 32.1. The van der Waals surface area contributed by atoms with Crippen LogP contribution in [-0.2, 0) is 13.0 Å². The number of aromatic nitrogens is 2. The molecule has 1 saturated carbocycles. The van der Waals surface area contributed by atoms with Gasteiger partial charge in [-0.15, -0.1) is 0 Å². The molecule has 0 saturated heterocycles. The zero-order valence-electron chi connectivity index (χ0n) is 12.1. The predicted octanol–water partition coefficient (Wildman–Crippen LogP) is 4.24. The van der Waals surface area contributed by atoms with Gasteiger partial charge in [-0.3, -0.25) is 0 Å². The minimum Gasteiger partial charge on any atom is -0.353 e. The van der Waals surface area contributed by atoms with Gasteiger partial charge in [0, 0.05) is 18.8 Å². The van der Waals surface area contributed by atoms with Crippen molar-refractivity contribution in [2.75, 3.05) is 5.32 Å². The molecule has 0 radical (unpaired) electrons. The first-order valence-electron chi connectivity index (χ1n) is 7.62. The van der Waals surface area contributed by atoms with Crippen molar-refractivity contribution in [3.05, 3.63) is 34.3 Å². The molecule has 1 N–H and O–H groups in total. The lowest BCUT2D eigenvalue weighted by molar-refractivity contribution is 0.459. The van der Waals surface area contributed by atoms with Gasteiger partial charge in [-0.05, 0) is 48.6 Å². The molecule has 3 nitrogen and oxygen atoms in total. The van der Waals surface area contributed by atoms with Crippen molar-refractivity contribution in [3.63, 3.8) is 0 Å². The van der Waals surface area contributed by atoms with Crippen LogP contribution < -0.4 is 5.32 Å². The third kappa shape index (κ3) is 3.42. The van der Waals surface area contributed by atoms with Crippen molar-refractivity contribution in [1.29, 1.82) is 0 Å². The van der Waals surface area contributed by atoms with Gasteiger partial charge in [-0.2, -0.15) is 11.3 Å². The largest absolute Gasteiger partial charge is 0.353 e. The Morgan fingerprint density at radius 2 is 2.20 bits per heavy atom. The van der Waals surface area contributed by atoms with Gasteiger partial charge in [0.1, 0.15) is 0 Å². The molecule has 0 amide bonds. The topological polar surface area (TPSA) is 29.9 Å². The summed E-state index contributed by atoms with van der Waals surface area (Å²) in [5, 5.41) is 8.04. The number of nitrogens with one attached hydrogen (secondary N) is 1. The number of aryl methyl sites for hydroxylation is 3. The zero-order chi connectivity index (χ0) is 13.8. The Morgan fingerprint density at radius 1 is 1.35 bits per heavy atom. The van der Waals surface area contributed by atoms with Crippen molar-refractivity contribution in [1.82, 2.24) is 9.55 Å². The maximum Gasteiger partial charge on any atom is 0.203 e. The minimum absolute atomic E-state index is 0.616. The van der Waals surface area contributed by atoms with E-state index in [-0.39, 0.29) is 0 Å². The van der Waals surface area contributed by atoms with Crippen LogP contribution in [0.25, 0.3) is 0 Å². The van der Waals surface area contributed by atoms with E-state index in [1.54, 1.807) is 11.3 Å². The number of imidazole rings is 1. The Bertz CT molecular complexity index is 524. The number of thiophene rings is 1. The van der Waals surface area contributed by atoms with Crippen molar-refractivity contribution in [2.24, 2.45) is 0 Å². The van der Waals surface area contributed by atoms with Gasteiger partial charge in [-0.1, -0.05) is 19.3 Å². The highest BCUT2D eigenvalue weighted by molar-refractivity contribution is 7.07. The fourth-order valence-electron chi connectivity index (χ4n) is 2.95. The number of hydrogen-bond donors (Lipinski definition) is 1. The lowest BCUT2D eigenvalue weighted by Gasteiger charge is -2.23. The van der Waals surface area contributed by atoms with E-state index >= 15 is 0 Å². The first kappa shape index (κ1) is 13.7. The molecule has 0 aromatic carbocycles. The van der Waals surface area contributed by atoms with Gasteiger partial charge in [0.15, 0.2) is 0 Å². The molecule has 0 aliphatic heterocycles. The molecular weight excluding hydrogens is 266 g/mol. The summed E-state index contributed by atoms with van der Waals surface area (Å²) < 4.78 is 2.28. The summed E-state index contributed by atoms with van der Waals surface area (Å²) in [6, 6.07) is 2.83. The number of rotatable bonds is 5. The maximum absolute atomic E-state index is 4.66. The van der Waals surface area contributed by atoms with Crippen LogP contribution in [0.3, 0.4) is 0 Å². The molecule has 1 fully saturated rings. The molecule has 4 heteroatoms. The summed E-state index contributed by atoms with van der Waals surface area (Å²) in [5.74, 6) is 1.06. The average molecular weight is 289 g/mol. The van der Waals surface area contributed by atoms with Crippen molar-refractivity contribution < 1.29 is 0 Å². The van der Waals surface area contributed by atoms with E-state index in [4.69, 9.17) is 0 Å². The summed E-state index contributed by atoms with van der Waals surface area (Å²) in [4.78, 5) is 4.66. The van der Waals surface area contributed by atoms with Crippen LogP contribution in [0.1, 0.15) is 43.4 Å². The standard InChI is InChI=1S/C16H23N3S/c1-13-11-19(9-7-14-8-10-20-12-14)16(17-13)18-15-5-3-2-4-6-15/h8,10-12,15H,2-7,9H2,1H3,(H,17,18). The molecule has 2 aromatic heterocycles. The Hall–Kier alpha value is -1.29. The molecule has 2 aromatic rings. The summed E-state index contributed by atoms with van der Waals surface area (Å²) >= 11 is 1.77. The monoisotopic (exact) mass is 289 g/mol. The van der Waals surface area contributed by atoms with Crippen LogP contribution in [0, 0.1) is 6.92 Å². The summed E-state index contributed by atoms with van der Waals surface area (Å²) in [6.07, 6.45) is 9.92. The number of hydrogen-bond acceptors (Lipinski definition) is 3. The molecule has 20 heavy (non-hydrogen) atoms. The first-order valence-corrected chi connectivity index (χ1v) is 8.57. The van der Waals surface area contributed by atoms with E-state index in [0.717, 1.165) is 24.6 Å². The summed E-state index contributed by atoms with van der Waals surface area (Å²) in [5.41, 5.74) is 2.53. The Morgan fingerprint density at radius 3 is 2.95 bits per heavy atom. The van der Waals surface area contributed by atoms with Crippen LogP contribution in [-0.4, -0.2) is 15.6 Å². The second kappa shape index (κ2) is 6.44. The molecule has 2 heterocycles. The summed E-state index contributed by atoms with van der Waals surface area (Å²) in [7, 11) is 0. The van der Waals surface area contributed by atoms with Crippen LogP contribution in [0.4, 0.5) is 5.95 Å². The quantitative estimate of drug-likeness (QED) is 0.892. The molecule has 0 spiro atoms. The molecule has 0 atom stereocenters. The third-order valence-corrected chi connectivity index (χ3v) is 4.79. The smallest absolute Gasteiger partial charge is 0.203 e. The maximum atomic E-state index is 4.66. The van der Waals surface area contributed by atoms with E-state index in [9.17, 15) is 0 Å². The van der Waals surface area contributed by atoms with Crippen LogP contribution in [0.2, 0.25) is 0 Å². The van der Waals surface area contributed by atoms with Gasteiger partial charge < -0.3 is 9.88 Å². The van der Waals surface area contributed by atoms with Crippen molar-refractivity contribution >= 4 is 17.3 Å². The average Bonchev–Trinajstić information content (AvgIpc) is 3.07. The highest BCUT2D eigenvalue weighted by Gasteiger charge is 2.15. The van der Waals surface area contributed by atoms with Crippen LogP contribution in [0.15, 0.2) is 23.0 Å².